The Bertz CT molecular complexity index is 630. The smallest absolute Gasteiger partial charge is 0.410 e. The SMILES string of the molecule is CCOC(=O)N1C(C)CCC1CC(CC)N1CCC(N(C)c2ccccc2)CC1. The number of anilines is 1. The first-order chi connectivity index (χ1) is 14.0. The number of carbonyl (C=O) groups excluding carboxylic acids is 1. The van der Waals surface area contributed by atoms with Crippen LogP contribution in [0.1, 0.15) is 59.3 Å². The average Bonchev–Trinajstić information content (AvgIpc) is 3.12. The number of amides is 1. The Morgan fingerprint density at radius 1 is 1.14 bits per heavy atom. The van der Waals surface area contributed by atoms with Crippen LogP contribution in [0.5, 0.6) is 0 Å². The van der Waals surface area contributed by atoms with E-state index < -0.39 is 0 Å². The molecule has 5 nitrogen and oxygen atoms in total. The van der Waals surface area contributed by atoms with Gasteiger partial charge in [-0.15, -0.1) is 0 Å². The molecule has 2 fully saturated rings. The predicted molar refractivity (Wildman–Crippen MR) is 119 cm³/mol. The van der Waals surface area contributed by atoms with E-state index in [2.05, 4.69) is 61.0 Å². The zero-order valence-electron chi connectivity index (χ0n) is 18.7. The van der Waals surface area contributed by atoms with Crippen LogP contribution in [-0.2, 0) is 4.74 Å². The van der Waals surface area contributed by atoms with E-state index >= 15 is 0 Å². The second-order valence-corrected chi connectivity index (χ2v) is 8.70. The lowest BCUT2D eigenvalue weighted by molar-refractivity contribution is 0.0740. The van der Waals surface area contributed by atoms with Crippen molar-refractivity contribution in [3.05, 3.63) is 30.3 Å². The van der Waals surface area contributed by atoms with Gasteiger partial charge in [-0.1, -0.05) is 25.1 Å². The molecular formula is C24H39N3O2. The summed E-state index contributed by atoms with van der Waals surface area (Å²) in [6.07, 6.45) is 6.67. The maximum atomic E-state index is 12.4. The van der Waals surface area contributed by atoms with Gasteiger partial charge in [0.25, 0.3) is 0 Å². The summed E-state index contributed by atoms with van der Waals surface area (Å²) in [5, 5.41) is 0. The number of ether oxygens (including phenoxy) is 1. The molecule has 1 aromatic carbocycles. The summed E-state index contributed by atoms with van der Waals surface area (Å²) < 4.78 is 5.34. The lowest BCUT2D eigenvalue weighted by Gasteiger charge is -2.42. The first-order valence-corrected chi connectivity index (χ1v) is 11.5. The van der Waals surface area contributed by atoms with Gasteiger partial charge in [-0.2, -0.15) is 0 Å². The summed E-state index contributed by atoms with van der Waals surface area (Å²) in [5.74, 6) is 0. The third kappa shape index (κ3) is 5.25. The van der Waals surface area contributed by atoms with Crippen LogP contribution in [0.2, 0.25) is 0 Å². The largest absolute Gasteiger partial charge is 0.450 e. The van der Waals surface area contributed by atoms with E-state index in [0.29, 0.717) is 30.8 Å². The molecule has 2 aliphatic heterocycles. The second-order valence-electron chi connectivity index (χ2n) is 8.70. The van der Waals surface area contributed by atoms with Gasteiger partial charge in [0.05, 0.1) is 6.61 Å². The van der Waals surface area contributed by atoms with Crippen molar-refractivity contribution >= 4 is 11.8 Å². The van der Waals surface area contributed by atoms with Crippen molar-refractivity contribution in [2.75, 3.05) is 31.6 Å². The summed E-state index contributed by atoms with van der Waals surface area (Å²) in [4.78, 5) is 19.6. The molecule has 162 valence electrons. The molecule has 3 rings (SSSR count). The Labute approximate surface area is 177 Å². The molecule has 1 amide bonds. The zero-order valence-corrected chi connectivity index (χ0v) is 18.7. The first-order valence-electron chi connectivity index (χ1n) is 11.5. The van der Waals surface area contributed by atoms with Crippen molar-refractivity contribution in [1.82, 2.24) is 9.80 Å². The Hall–Kier alpha value is -1.75. The van der Waals surface area contributed by atoms with E-state index in [9.17, 15) is 4.79 Å². The third-order valence-electron chi connectivity index (χ3n) is 7.01. The van der Waals surface area contributed by atoms with Crippen LogP contribution in [0.3, 0.4) is 0 Å². The van der Waals surface area contributed by atoms with Crippen LogP contribution in [0.15, 0.2) is 30.3 Å². The number of benzene rings is 1. The lowest BCUT2D eigenvalue weighted by atomic mass is 9.96. The Balaban J connectivity index is 1.55. The molecule has 2 aliphatic rings. The van der Waals surface area contributed by atoms with Crippen LogP contribution in [0, 0.1) is 0 Å². The highest BCUT2D eigenvalue weighted by molar-refractivity contribution is 5.68. The fourth-order valence-corrected chi connectivity index (χ4v) is 5.23. The fourth-order valence-electron chi connectivity index (χ4n) is 5.23. The normalized spacial score (nSPS) is 24.5. The number of para-hydroxylation sites is 1. The maximum Gasteiger partial charge on any atom is 0.410 e. The molecule has 0 saturated carbocycles. The third-order valence-corrected chi connectivity index (χ3v) is 7.01. The van der Waals surface area contributed by atoms with Crippen molar-refractivity contribution in [2.24, 2.45) is 0 Å². The first kappa shape index (κ1) is 21.9. The van der Waals surface area contributed by atoms with Gasteiger partial charge in [0.2, 0.25) is 0 Å². The molecule has 5 heteroatoms. The van der Waals surface area contributed by atoms with Gasteiger partial charge in [0.1, 0.15) is 0 Å². The molecule has 0 N–H and O–H groups in total. The minimum atomic E-state index is -0.124. The molecule has 0 spiro atoms. The van der Waals surface area contributed by atoms with Gasteiger partial charge in [-0.25, -0.2) is 4.79 Å². The summed E-state index contributed by atoms with van der Waals surface area (Å²) >= 11 is 0. The van der Waals surface area contributed by atoms with Crippen molar-refractivity contribution in [1.29, 1.82) is 0 Å². The van der Waals surface area contributed by atoms with Gasteiger partial charge < -0.3 is 19.4 Å². The highest BCUT2D eigenvalue weighted by Crippen LogP contribution is 2.31. The van der Waals surface area contributed by atoms with Crippen molar-refractivity contribution in [2.45, 2.75) is 83.5 Å². The number of likely N-dealkylation sites (tertiary alicyclic amines) is 2. The predicted octanol–water partition coefficient (Wildman–Crippen LogP) is 4.77. The lowest BCUT2D eigenvalue weighted by Crippen LogP contribution is -2.49. The zero-order chi connectivity index (χ0) is 20.8. The number of hydrogen-bond acceptors (Lipinski definition) is 4. The van der Waals surface area contributed by atoms with E-state index in [-0.39, 0.29) is 6.09 Å². The quantitative estimate of drug-likeness (QED) is 0.660. The molecular weight excluding hydrogens is 362 g/mol. The van der Waals surface area contributed by atoms with E-state index in [4.69, 9.17) is 4.74 Å². The van der Waals surface area contributed by atoms with Gasteiger partial charge >= 0.3 is 6.09 Å². The number of piperidine rings is 1. The van der Waals surface area contributed by atoms with Gasteiger partial charge in [0, 0.05) is 50.0 Å². The van der Waals surface area contributed by atoms with Crippen LogP contribution in [0.25, 0.3) is 0 Å². The standard InChI is InChI=1S/C24H39N3O2/c1-5-20(18-23-13-12-19(3)27(23)24(28)29-6-2)26-16-14-22(15-17-26)25(4)21-10-8-7-9-11-21/h7-11,19-20,22-23H,5-6,12-18H2,1-4H3. The molecule has 3 unspecified atom stereocenters. The average molecular weight is 402 g/mol. The topological polar surface area (TPSA) is 36.0 Å². The van der Waals surface area contributed by atoms with Gasteiger partial charge in [-0.05, 0) is 64.5 Å². The minimum absolute atomic E-state index is 0.124. The number of hydrogen-bond donors (Lipinski definition) is 0. The summed E-state index contributed by atoms with van der Waals surface area (Å²) in [7, 11) is 2.23. The molecule has 0 aromatic heterocycles. The summed E-state index contributed by atoms with van der Waals surface area (Å²) in [5.41, 5.74) is 1.31. The molecule has 0 bridgehead atoms. The molecule has 1 aromatic rings. The van der Waals surface area contributed by atoms with Crippen LogP contribution < -0.4 is 4.90 Å². The van der Waals surface area contributed by atoms with E-state index in [1.807, 2.05) is 11.8 Å². The maximum absolute atomic E-state index is 12.4. The van der Waals surface area contributed by atoms with E-state index in [0.717, 1.165) is 38.8 Å². The number of nitrogens with zero attached hydrogens (tertiary/aromatic N) is 3. The minimum Gasteiger partial charge on any atom is -0.450 e. The molecule has 0 aliphatic carbocycles. The fraction of sp³-hybridized carbons (Fsp3) is 0.708. The highest BCUT2D eigenvalue weighted by atomic mass is 16.6. The van der Waals surface area contributed by atoms with Crippen molar-refractivity contribution in [3.8, 4) is 0 Å². The van der Waals surface area contributed by atoms with Crippen LogP contribution >= 0.6 is 0 Å². The monoisotopic (exact) mass is 401 g/mol. The van der Waals surface area contributed by atoms with Gasteiger partial charge in [0.15, 0.2) is 0 Å². The van der Waals surface area contributed by atoms with Crippen molar-refractivity contribution < 1.29 is 9.53 Å². The Morgan fingerprint density at radius 2 is 1.83 bits per heavy atom. The Morgan fingerprint density at radius 3 is 2.45 bits per heavy atom. The molecule has 0 radical (unpaired) electrons. The van der Waals surface area contributed by atoms with Gasteiger partial charge in [-0.3, -0.25) is 0 Å². The summed E-state index contributed by atoms with van der Waals surface area (Å²) in [6, 6.07) is 12.5. The Kier molecular flexibility index (Phi) is 7.82. The van der Waals surface area contributed by atoms with E-state index in [1.165, 1.54) is 18.5 Å². The summed E-state index contributed by atoms with van der Waals surface area (Å²) in [6.45, 7) is 9.07. The van der Waals surface area contributed by atoms with Crippen LogP contribution in [-0.4, -0.2) is 66.8 Å². The number of rotatable bonds is 7. The second kappa shape index (κ2) is 10.3. The van der Waals surface area contributed by atoms with Crippen molar-refractivity contribution in [3.63, 3.8) is 0 Å². The molecule has 29 heavy (non-hydrogen) atoms. The number of carbonyl (C=O) groups is 1. The molecule has 3 atom stereocenters. The van der Waals surface area contributed by atoms with Crippen LogP contribution in [0.4, 0.5) is 10.5 Å². The molecule has 2 heterocycles. The highest BCUT2D eigenvalue weighted by Gasteiger charge is 2.37. The molecule has 2 saturated heterocycles. The van der Waals surface area contributed by atoms with E-state index in [1.54, 1.807) is 0 Å².